The molecule has 2 saturated heterocycles. The minimum absolute atomic E-state index is 0.0631. The van der Waals surface area contributed by atoms with E-state index in [0.29, 0.717) is 37.2 Å². The zero-order chi connectivity index (χ0) is 20.8. The molecule has 2 N–H and O–H groups in total. The second kappa shape index (κ2) is 7.40. The van der Waals surface area contributed by atoms with Crippen LogP contribution in [0.4, 0.5) is 13.2 Å². The Morgan fingerprint density at radius 2 is 2.00 bits per heavy atom. The first-order valence-corrected chi connectivity index (χ1v) is 9.73. The zero-order valence-electron chi connectivity index (χ0n) is 16.5. The lowest BCUT2D eigenvalue weighted by atomic mass is 9.97. The van der Waals surface area contributed by atoms with Crippen LogP contribution in [0.5, 0.6) is 0 Å². The lowest BCUT2D eigenvalue weighted by Crippen LogP contribution is -2.54. The van der Waals surface area contributed by atoms with Crippen LogP contribution >= 0.6 is 0 Å². The van der Waals surface area contributed by atoms with E-state index in [4.69, 9.17) is 15.1 Å². The van der Waals surface area contributed by atoms with Gasteiger partial charge in [-0.3, -0.25) is 5.41 Å². The lowest BCUT2D eigenvalue weighted by molar-refractivity contribution is -0.160. The summed E-state index contributed by atoms with van der Waals surface area (Å²) in [4.78, 5) is 9.76. The van der Waals surface area contributed by atoms with Crippen LogP contribution in [-0.4, -0.2) is 84.7 Å². The van der Waals surface area contributed by atoms with E-state index in [1.807, 2.05) is 11.8 Å². The van der Waals surface area contributed by atoms with Crippen molar-refractivity contribution in [3.63, 3.8) is 0 Å². The smallest absolute Gasteiger partial charge is 0.377 e. The van der Waals surface area contributed by atoms with E-state index >= 15 is 0 Å². The topological polar surface area (TPSA) is 67.2 Å². The number of likely N-dealkylation sites (N-methyl/N-ethyl adjacent to an activating group) is 1. The molecule has 1 unspecified atom stereocenters. The Morgan fingerprint density at radius 1 is 1.24 bits per heavy atom. The number of guanidine groups is 1. The zero-order valence-corrected chi connectivity index (χ0v) is 16.5. The molecular weight excluding hydrogens is 385 g/mol. The standard InChI is InChI=1S/C19H25F3N6O/c1-12-11-29-9-8-28(12)18-24-14(10-16(25-18)27-6-3-7-27)13-4-5-15(23)26(2)17(13)19(20,21)22/h4-5,10,12,17,23H,3,6-9,11H2,1-2H3,(H,24,25)/t12-,17?/m0/s1. The van der Waals surface area contributed by atoms with Crippen LogP contribution in [0.1, 0.15) is 13.3 Å². The van der Waals surface area contributed by atoms with Gasteiger partial charge in [-0.1, -0.05) is 6.08 Å². The van der Waals surface area contributed by atoms with E-state index < -0.39 is 12.2 Å². The maximum absolute atomic E-state index is 13.9. The van der Waals surface area contributed by atoms with Crippen LogP contribution in [0.2, 0.25) is 0 Å². The molecule has 0 aromatic heterocycles. The summed E-state index contributed by atoms with van der Waals surface area (Å²) in [5.41, 5.74) is 0.454. The Morgan fingerprint density at radius 3 is 2.62 bits per heavy atom. The lowest BCUT2D eigenvalue weighted by Gasteiger charge is -2.41. The molecule has 0 radical (unpaired) electrons. The fraction of sp³-hybridized carbons (Fsp3) is 0.579. The highest BCUT2D eigenvalue weighted by Crippen LogP contribution is 2.35. The highest BCUT2D eigenvalue weighted by atomic mass is 19.4. The average Bonchev–Trinajstić information content (AvgIpc) is 2.61. The van der Waals surface area contributed by atoms with Gasteiger partial charge in [-0.25, -0.2) is 0 Å². The van der Waals surface area contributed by atoms with Gasteiger partial charge in [0.25, 0.3) is 0 Å². The van der Waals surface area contributed by atoms with Gasteiger partial charge in [0.15, 0.2) is 6.04 Å². The summed E-state index contributed by atoms with van der Waals surface area (Å²) < 4.78 is 47.2. The third-order valence-corrected chi connectivity index (χ3v) is 5.66. The molecule has 2 atom stereocenters. The molecule has 0 saturated carbocycles. The third-order valence-electron chi connectivity index (χ3n) is 5.66. The molecule has 0 aliphatic carbocycles. The first kappa shape index (κ1) is 19.8. The quantitative estimate of drug-likeness (QED) is 0.691. The summed E-state index contributed by atoms with van der Waals surface area (Å²) >= 11 is 0. The Kier molecular flexibility index (Phi) is 5.05. The van der Waals surface area contributed by atoms with Gasteiger partial charge in [0.2, 0.25) is 5.96 Å². The minimum atomic E-state index is -4.51. The predicted octanol–water partition coefficient (Wildman–Crippen LogP) is 1.88. The number of allylic oxidation sites excluding steroid dienone is 1. The molecule has 0 aromatic carbocycles. The fourth-order valence-electron chi connectivity index (χ4n) is 3.85. The Balaban J connectivity index is 1.77. The number of nitrogens with zero attached hydrogens (tertiary/aromatic N) is 4. The van der Waals surface area contributed by atoms with Crippen molar-refractivity contribution in [1.29, 1.82) is 5.41 Å². The summed E-state index contributed by atoms with van der Waals surface area (Å²) in [6, 6.07) is -1.83. The molecular formula is C19H25F3N6O. The number of hydrogen-bond donors (Lipinski definition) is 2. The SMILES string of the molecule is C[C@H]1COCCN1C1=NC(N2CCC2)=CC(=C2C=CC(=N)N(C)C2C(F)(F)F)N1. The molecule has 4 aliphatic rings. The molecule has 4 aliphatic heterocycles. The predicted molar refractivity (Wildman–Crippen MR) is 103 cm³/mol. The number of morpholine rings is 1. The maximum atomic E-state index is 13.9. The van der Waals surface area contributed by atoms with Crippen molar-refractivity contribution in [1.82, 2.24) is 20.0 Å². The van der Waals surface area contributed by atoms with Gasteiger partial charge in [-0.05, 0) is 19.4 Å². The second-order valence-corrected chi connectivity index (χ2v) is 7.66. The molecule has 29 heavy (non-hydrogen) atoms. The first-order chi connectivity index (χ1) is 13.8. The average molecular weight is 410 g/mol. The number of likely N-dealkylation sites (tertiary alicyclic amines) is 1. The fourth-order valence-corrected chi connectivity index (χ4v) is 3.85. The van der Waals surface area contributed by atoms with Crippen molar-refractivity contribution in [2.45, 2.75) is 31.6 Å². The molecule has 0 amide bonds. The van der Waals surface area contributed by atoms with Crippen LogP contribution in [0.15, 0.2) is 40.3 Å². The summed E-state index contributed by atoms with van der Waals surface area (Å²) in [6.45, 7) is 5.39. The van der Waals surface area contributed by atoms with Crippen LogP contribution < -0.4 is 5.32 Å². The van der Waals surface area contributed by atoms with Crippen molar-refractivity contribution in [2.24, 2.45) is 4.99 Å². The largest absolute Gasteiger partial charge is 0.413 e. The highest BCUT2D eigenvalue weighted by molar-refractivity contribution is 5.93. The van der Waals surface area contributed by atoms with Gasteiger partial charge >= 0.3 is 6.18 Å². The van der Waals surface area contributed by atoms with Gasteiger partial charge < -0.3 is 24.8 Å². The van der Waals surface area contributed by atoms with Crippen molar-refractivity contribution in [2.75, 3.05) is 39.9 Å². The van der Waals surface area contributed by atoms with Crippen molar-refractivity contribution >= 4 is 11.8 Å². The van der Waals surface area contributed by atoms with E-state index in [2.05, 4.69) is 10.2 Å². The van der Waals surface area contributed by atoms with Gasteiger partial charge in [0, 0.05) is 38.3 Å². The minimum Gasteiger partial charge on any atom is -0.377 e. The monoisotopic (exact) mass is 410 g/mol. The summed E-state index contributed by atoms with van der Waals surface area (Å²) in [5, 5.41) is 11.0. The Labute approximate surface area is 167 Å². The number of rotatable bonds is 1. The second-order valence-electron chi connectivity index (χ2n) is 7.66. The summed E-state index contributed by atoms with van der Waals surface area (Å²) in [6.07, 6.45) is 1.00. The van der Waals surface area contributed by atoms with Crippen LogP contribution in [0.3, 0.4) is 0 Å². The molecule has 7 nitrogen and oxygen atoms in total. The highest BCUT2D eigenvalue weighted by Gasteiger charge is 2.47. The number of halogens is 3. The number of ether oxygens (including phenoxy) is 1. The van der Waals surface area contributed by atoms with Crippen LogP contribution in [0, 0.1) is 5.41 Å². The normalized spacial score (nSPS) is 30.7. The van der Waals surface area contributed by atoms with Crippen LogP contribution in [-0.2, 0) is 4.74 Å². The number of hydrogen-bond acceptors (Lipinski definition) is 6. The van der Waals surface area contributed by atoms with E-state index in [0.717, 1.165) is 24.4 Å². The first-order valence-electron chi connectivity index (χ1n) is 9.73. The van der Waals surface area contributed by atoms with Gasteiger partial charge in [-0.2, -0.15) is 18.2 Å². The molecule has 10 heteroatoms. The molecule has 158 valence electrons. The van der Waals surface area contributed by atoms with Crippen molar-refractivity contribution < 1.29 is 17.9 Å². The molecule has 2 fully saturated rings. The van der Waals surface area contributed by atoms with Gasteiger partial charge in [0.05, 0.1) is 25.0 Å². The molecule has 4 heterocycles. The summed E-state index contributed by atoms with van der Waals surface area (Å²) in [7, 11) is 1.30. The summed E-state index contributed by atoms with van der Waals surface area (Å²) in [5.74, 6) is 1.05. The Bertz CT molecular complexity index is 811. The van der Waals surface area contributed by atoms with Crippen LogP contribution in [0.25, 0.3) is 0 Å². The molecule has 4 rings (SSSR count). The maximum Gasteiger partial charge on any atom is 0.413 e. The molecule has 0 bridgehead atoms. The van der Waals surface area contributed by atoms with Crippen molar-refractivity contribution in [3.8, 4) is 0 Å². The number of aliphatic imine (C=N–C) groups is 1. The van der Waals surface area contributed by atoms with Gasteiger partial charge in [0.1, 0.15) is 11.7 Å². The Hall–Kier alpha value is -2.49. The van der Waals surface area contributed by atoms with E-state index in [1.54, 1.807) is 6.08 Å². The number of alkyl halides is 3. The number of nitrogens with one attached hydrogen (secondary N) is 2. The number of amidine groups is 1. The van der Waals surface area contributed by atoms with E-state index in [1.165, 1.54) is 19.2 Å². The third kappa shape index (κ3) is 3.73. The van der Waals surface area contributed by atoms with E-state index in [-0.39, 0.29) is 17.5 Å². The molecule has 0 aromatic rings. The molecule has 0 spiro atoms. The van der Waals surface area contributed by atoms with Crippen molar-refractivity contribution in [3.05, 3.63) is 35.3 Å². The van der Waals surface area contributed by atoms with Gasteiger partial charge in [-0.15, -0.1) is 0 Å². The van der Waals surface area contributed by atoms with E-state index in [9.17, 15) is 13.2 Å².